The van der Waals surface area contributed by atoms with Crippen LogP contribution in [0.2, 0.25) is 0 Å². The summed E-state index contributed by atoms with van der Waals surface area (Å²) in [4.78, 5) is 4.57. The van der Waals surface area contributed by atoms with Gasteiger partial charge in [0.05, 0.1) is 12.7 Å². The summed E-state index contributed by atoms with van der Waals surface area (Å²) in [5.41, 5.74) is 1.39. The van der Waals surface area contributed by atoms with Gasteiger partial charge in [-0.1, -0.05) is 19.9 Å². The molecule has 106 valence electrons. The molecule has 0 aromatic heterocycles. The summed E-state index contributed by atoms with van der Waals surface area (Å²) in [6.07, 6.45) is 4.15. The SMILES string of the molecule is CC1(C)CCC(Oc2cc(CCON)ccc2O)C1. The van der Waals surface area contributed by atoms with E-state index in [9.17, 15) is 5.11 Å². The highest BCUT2D eigenvalue weighted by atomic mass is 16.6. The van der Waals surface area contributed by atoms with Crippen molar-refractivity contribution in [2.45, 2.75) is 45.6 Å². The van der Waals surface area contributed by atoms with E-state index in [4.69, 9.17) is 10.6 Å². The maximum absolute atomic E-state index is 9.87. The van der Waals surface area contributed by atoms with E-state index in [-0.39, 0.29) is 11.9 Å². The predicted octanol–water partition coefficient (Wildman–Crippen LogP) is 2.78. The molecular formula is C15H23NO3. The van der Waals surface area contributed by atoms with E-state index in [0.717, 1.165) is 18.4 Å². The second-order valence-corrected chi connectivity index (χ2v) is 6.07. The number of ether oxygens (including phenoxy) is 1. The van der Waals surface area contributed by atoms with Gasteiger partial charge in [-0.05, 0) is 48.8 Å². The van der Waals surface area contributed by atoms with E-state index in [1.165, 1.54) is 6.42 Å². The Morgan fingerprint density at radius 3 is 2.84 bits per heavy atom. The minimum Gasteiger partial charge on any atom is -0.504 e. The average Bonchev–Trinajstić information content (AvgIpc) is 2.70. The summed E-state index contributed by atoms with van der Waals surface area (Å²) in [6.45, 7) is 4.97. The van der Waals surface area contributed by atoms with Crippen LogP contribution in [-0.2, 0) is 11.3 Å². The molecule has 0 saturated heterocycles. The summed E-state index contributed by atoms with van der Waals surface area (Å²) in [6, 6.07) is 5.40. The van der Waals surface area contributed by atoms with Crippen LogP contribution in [0, 0.1) is 5.41 Å². The Balaban J connectivity index is 2.03. The zero-order valence-corrected chi connectivity index (χ0v) is 11.7. The van der Waals surface area contributed by atoms with Crippen LogP contribution in [-0.4, -0.2) is 17.8 Å². The van der Waals surface area contributed by atoms with Gasteiger partial charge in [0, 0.05) is 0 Å². The highest BCUT2D eigenvalue weighted by Crippen LogP contribution is 2.40. The molecule has 2 rings (SSSR count). The van der Waals surface area contributed by atoms with E-state index >= 15 is 0 Å². The maximum atomic E-state index is 9.87. The third kappa shape index (κ3) is 3.85. The van der Waals surface area contributed by atoms with Gasteiger partial charge < -0.3 is 14.7 Å². The molecule has 1 aromatic carbocycles. The lowest BCUT2D eigenvalue weighted by Crippen LogP contribution is -2.15. The van der Waals surface area contributed by atoms with Crippen LogP contribution in [0.5, 0.6) is 11.5 Å². The number of hydrogen-bond acceptors (Lipinski definition) is 4. The van der Waals surface area contributed by atoms with Crippen molar-refractivity contribution < 1.29 is 14.7 Å². The number of nitrogens with two attached hydrogens (primary N) is 1. The smallest absolute Gasteiger partial charge is 0.161 e. The number of phenolic OH excluding ortho intramolecular Hbond substituents is 1. The van der Waals surface area contributed by atoms with E-state index in [1.54, 1.807) is 6.07 Å². The zero-order valence-electron chi connectivity index (χ0n) is 11.7. The van der Waals surface area contributed by atoms with Crippen LogP contribution < -0.4 is 10.6 Å². The van der Waals surface area contributed by atoms with E-state index in [0.29, 0.717) is 24.2 Å². The normalized spacial score (nSPS) is 21.5. The zero-order chi connectivity index (χ0) is 13.9. The monoisotopic (exact) mass is 265 g/mol. The van der Waals surface area contributed by atoms with Crippen LogP contribution >= 0.6 is 0 Å². The standard InChI is InChI=1S/C15H23NO3/c1-15(2)7-5-12(10-15)19-14-9-11(6-8-18-16)3-4-13(14)17/h3-4,9,12,17H,5-8,10,16H2,1-2H3. The average molecular weight is 265 g/mol. The van der Waals surface area contributed by atoms with Crippen molar-refractivity contribution in [3.63, 3.8) is 0 Å². The Kier molecular flexibility index (Phi) is 4.32. The molecule has 4 heteroatoms. The molecule has 1 aliphatic rings. The second kappa shape index (κ2) is 5.80. The molecule has 0 bridgehead atoms. The Morgan fingerprint density at radius 1 is 1.42 bits per heavy atom. The predicted molar refractivity (Wildman–Crippen MR) is 74.0 cm³/mol. The Hall–Kier alpha value is -1.26. The Bertz CT molecular complexity index is 431. The number of aromatic hydroxyl groups is 1. The summed E-state index contributed by atoms with van der Waals surface area (Å²) < 4.78 is 5.94. The van der Waals surface area contributed by atoms with Gasteiger partial charge >= 0.3 is 0 Å². The van der Waals surface area contributed by atoms with Crippen molar-refractivity contribution in [3.8, 4) is 11.5 Å². The van der Waals surface area contributed by atoms with Gasteiger partial charge in [-0.2, -0.15) is 0 Å². The van der Waals surface area contributed by atoms with Crippen molar-refractivity contribution in [2.24, 2.45) is 11.3 Å². The fourth-order valence-corrected chi connectivity index (χ4v) is 2.64. The molecule has 1 unspecified atom stereocenters. The molecule has 0 heterocycles. The van der Waals surface area contributed by atoms with Gasteiger partial charge in [0.25, 0.3) is 0 Å². The van der Waals surface area contributed by atoms with E-state index in [1.807, 2.05) is 12.1 Å². The molecule has 1 fully saturated rings. The Labute approximate surface area is 114 Å². The van der Waals surface area contributed by atoms with Crippen molar-refractivity contribution >= 4 is 0 Å². The van der Waals surface area contributed by atoms with Gasteiger partial charge in [-0.15, -0.1) is 0 Å². The second-order valence-electron chi connectivity index (χ2n) is 6.07. The molecule has 0 spiro atoms. The van der Waals surface area contributed by atoms with Gasteiger partial charge in [0.15, 0.2) is 11.5 Å². The van der Waals surface area contributed by atoms with Crippen molar-refractivity contribution in [2.75, 3.05) is 6.61 Å². The van der Waals surface area contributed by atoms with Crippen LogP contribution in [0.3, 0.4) is 0 Å². The number of benzene rings is 1. The highest BCUT2D eigenvalue weighted by molar-refractivity contribution is 5.42. The molecule has 1 aliphatic carbocycles. The topological polar surface area (TPSA) is 64.7 Å². The molecule has 0 radical (unpaired) electrons. The quantitative estimate of drug-likeness (QED) is 0.803. The van der Waals surface area contributed by atoms with Gasteiger partial charge in [0.2, 0.25) is 0 Å². The lowest BCUT2D eigenvalue weighted by molar-refractivity contribution is 0.141. The number of hydrogen-bond donors (Lipinski definition) is 2. The lowest BCUT2D eigenvalue weighted by atomic mass is 9.92. The molecule has 4 nitrogen and oxygen atoms in total. The van der Waals surface area contributed by atoms with E-state index < -0.39 is 0 Å². The van der Waals surface area contributed by atoms with E-state index in [2.05, 4.69) is 18.7 Å². The van der Waals surface area contributed by atoms with Gasteiger partial charge in [-0.25, -0.2) is 5.90 Å². The van der Waals surface area contributed by atoms with Crippen LogP contribution in [0.15, 0.2) is 18.2 Å². The first-order chi connectivity index (χ1) is 9.00. The van der Waals surface area contributed by atoms with Gasteiger partial charge in [-0.3, -0.25) is 0 Å². The van der Waals surface area contributed by atoms with Crippen LogP contribution in [0.4, 0.5) is 0 Å². The third-order valence-electron chi connectivity index (χ3n) is 3.75. The minimum absolute atomic E-state index is 0.196. The molecule has 1 saturated carbocycles. The summed E-state index contributed by atoms with van der Waals surface area (Å²) in [5, 5.41) is 9.87. The first kappa shape index (κ1) is 14.2. The van der Waals surface area contributed by atoms with Crippen molar-refractivity contribution in [1.29, 1.82) is 0 Å². The molecule has 0 aliphatic heterocycles. The minimum atomic E-state index is 0.196. The largest absolute Gasteiger partial charge is 0.504 e. The van der Waals surface area contributed by atoms with Crippen LogP contribution in [0.1, 0.15) is 38.7 Å². The molecular weight excluding hydrogens is 242 g/mol. The Morgan fingerprint density at radius 2 is 2.21 bits per heavy atom. The molecule has 19 heavy (non-hydrogen) atoms. The fourth-order valence-electron chi connectivity index (χ4n) is 2.64. The first-order valence-corrected chi connectivity index (χ1v) is 6.80. The first-order valence-electron chi connectivity index (χ1n) is 6.80. The highest BCUT2D eigenvalue weighted by Gasteiger charge is 2.32. The van der Waals surface area contributed by atoms with Crippen LogP contribution in [0.25, 0.3) is 0 Å². The maximum Gasteiger partial charge on any atom is 0.161 e. The summed E-state index contributed by atoms with van der Waals surface area (Å²) in [7, 11) is 0. The summed E-state index contributed by atoms with van der Waals surface area (Å²) >= 11 is 0. The summed E-state index contributed by atoms with van der Waals surface area (Å²) in [5.74, 6) is 5.79. The van der Waals surface area contributed by atoms with Gasteiger partial charge in [0.1, 0.15) is 0 Å². The molecule has 3 N–H and O–H groups in total. The van der Waals surface area contributed by atoms with Crippen molar-refractivity contribution in [3.05, 3.63) is 23.8 Å². The molecule has 0 amide bonds. The molecule has 1 atom stereocenters. The lowest BCUT2D eigenvalue weighted by Gasteiger charge is -2.19. The fraction of sp³-hybridized carbons (Fsp3) is 0.600. The number of phenols is 1. The third-order valence-corrected chi connectivity index (χ3v) is 3.75. The molecule has 1 aromatic rings. The van der Waals surface area contributed by atoms with Crippen molar-refractivity contribution in [1.82, 2.24) is 0 Å². The number of rotatable bonds is 5.